The van der Waals surface area contributed by atoms with Gasteiger partial charge in [0.05, 0.1) is 13.7 Å². The van der Waals surface area contributed by atoms with Crippen LogP contribution in [0.3, 0.4) is 0 Å². The molecule has 0 radical (unpaired) electrons. The molecule has 0 unspecified atom stereocenters. The first-order valence-electron chi connectivity index (χ1n) is 5.93. The van der Waals surface area contributed by atoms with Crippen LogP contribution in [0.2, 0.25) is 0 Å². The average molecular weight is 268 g/mol. The van der Waals surface area contributed by atoms with E-state index in [-0.39, 0.29) is 23.7 Å². The van der Waals surface area contributed by atoms with Crippen LogP contribution >= 0.6 is 0 Å². The molecule has 0 fully saturated rings. The first-order chi connectivity index (χ1) is 9.67. The normalized spacial score (nSPS) is 9.80. The van der Waals surface area contributed by atoms with Crippen LogP contribution in [0.5, 0.6) is 0 Å². The zero-order valence-electron chi connectivity index (χ0n) is 10.9. The number of ether oxygens (including phenoxy) is 1. The smallest absolute Gasteiger partial charge is 0.354 e. The molecule has 0 aliphatic carbocycles. The summed E-state index contributed by atoms with van der Waals surface area (Å²) in [7, 11) is 1.25. The standard InChI is InChI=1S/C15H12N2O3/c1-20-15(19)13-8-7-12(9-16)17(13)10-14(18)11-5-3-2-4-6-11/h2-8H,10H2,1H3. The van der Waals surface area contributed by atoms with Gasteiger partial charge in [-0.05, 0) is 12.1 Å². The molecule has 1 heterocycles. The number of methoxy groups -OCH3 is 1. The highest BCUT2D eigenvalue weighted by atomic mass is 16.5. The number of aromatic nitrogens is 1. The lowest BCUT2D eigenvalue weighted by Gasteiger charge is -2.08. The number of esters is 1. The third-order valence-electron chi connectivity index (χ3n) is 2.89. The fourth-order valence-corrected chi connectivity index (χ4v) is 1.88. The molecule has 0 atom stereocenters. The lowest BCUT2D eigenvalue weighted by molar-refractivity contribution is 0.0588. The van der Waals surface area contributed by atoms with E-state index in [2.05, 4.69) is 4.74 Å². The maximum absolute atomic E-state index is 12.2. The monoisotopic (exact) mass is 268 g/mol. The van der Waals surface area contributed by atoms with Crippen molar-refractivity contribution in [2.24, 2.45) is 0 Å². The van der Waals surface area contributed by atoms with Crippen molar-refractivity contribution in [3.05, 3.63) is 59.4 Å². The summed E-state index contributed by atoms with van der Waals surface area (Å²) in [6, 6.07) is 13.6. The minimum atomic E-state index is -0.577. The topological polar surface area (TPSA) is 72.1 Å². The second kappa shape index (κ2) is 5.85. The van der Waals surface area contributed by atoms with Crippen molar-refractivity contribution in [2.75, 3.05) is 7.11 Å². The minimum Gasteiger partial charge on any atom is -0.464 e. The predicted molar refractivity (Wildman–Crippen MR) is 71.3 cm³/mol. The molecular weight excluding hydrogens is 256 g/mol. The molecule has 2 aromatic rings. The maximum atomic E-state index is 12.2. The second-order valence-electron chi connectivity index (χ2n) is 4.08. The van der Waals surface area contributed by atoms with Gasteiger partial charge in [0.2, 0.25) is 0 Å². The van der Waals surface area contributed by atoms with Crippen LogP contribution in [-0.4, -0.2) is 23.4 Å². The molecule has 100 valence electrons. The second-order valence-corrected chi connectivity index (χ2v) is 4.08. The van der Waals surface area contributed by atoms with E-state index in [1.54, 1.807) is 24.3 Å². The van der Waals surface area contributed by atoms with E-state index in [1.807, 2.05) is 12.1 Å². The van der Waals surface area contributed by atoms with Crippen LogP contribution in [0.4, 0.5) is 0 Å². The molecule has 2 rings (SSSR count). The first kappa shape index (κ1) is 13.6. The van der Waals surface area contributed by atoms with Gasteiger partial charge in [-0.15, -0.1) is 0 Å². The Bertz CT molecular complexity index is 681. The number of nitrogens with zero attached hydrogens (tertiary/aromatic N) is 2. The maximum Gasteiger partial charge on any atom is 0.354 e. The quantitative estimate of drug-likeness (QED) is 0.628. The number of hydrogen-bond acceptors (Lipinski definition) is 4. The van der Waals surface area contributed by atoms with Crippen LogP contribution in [0.25, 0.3) is 0 Å². The molecule has 0 spiro atoms. The van der Waals surface area contributed by atoms with Gasteiger partial charge in [-0.2, -0.15) is 5.26 Å². The molecule has 0 saturated heterocycles. The predicted octanol–water partition coefficient (Wildman–Crippen LogP) is 2.03. The highest BCUT2D eigenvalue weighted by Gasteiger charge is 2.18. The Hall–Kier alpha value is -2.87. The molecule has 0 bridgehead atoms. The summed E-state index contributed by atoms with van der Waals surface area (Å²) in [6.45, 7) is -0.0790. The summed E-state index contributed by atoms with van der Waals surface area (Å²) in [4.78, 5) is 23.8. The summed E-state index contributed by atoms with van der Waals surface area (Å²) in [5.74, 6) is -0.754. The Morgan fingerprint density at radius 3 is 2.50 bits per heavy atom. The van der Waals surface area contributed by atoms with Crippen molar-refractivity contribution in [1.82, 2.24) is 4.57 Å². The number of carbonyl (C=O) groups is 2. The first-order valence-corrected chi connectivity index (χ1v) is 5.93. The zero-order valence-corrected chi connectivity index (χ0v) is 10.9. The molecule has 0 amide bonds. The van der Waals surface area contributed by atoms with Gasteiger partial charge in [-0.1, -0.05) is 30.3 Å². The summed E-state index contributed by atoms with van der Waals surface area (Å²) in [5.41, 5.74) is 0.962. The number of carbonyl (C=O) groups excluding carboxylic acids is 2. The Balaban J connectivity index is 2.34. The van der Waals surface area contributed by atoms with E-state index in [1.165, 1.54) is 23.8 Å². The molecule has 0 aliphatic heterocycles. The van der Waals surface area contributed by atoms with Crippen molar-refractivity contribution < 1.29 is 14.3 Å². The molecule has 5 heteroatoms. The van der Waals surface area contributed by atoms with E-state index in [4.69, 9.17) is 5.26 Å². The Morgan fingerprint density at radius 2 is 1.90 bits per heavy atom. The molecule has 0 N–H and O–H groups in total. The highest BCUT2D eigenvalue weighted by Crippen LogP contribution is 2.12. The van der Waals surface area contributed by atoms with Crippen LogP contribution in [0.15, 0.2) is 42.5 Å². The van der Waals surface area contributed by atoms with Gasteiger partial charge in [0.15, 0.2) is 5.78 Å². The fourth-order valence-electron chi connectivity index (χ4n) is 1.88. The molecule has 5 nitrogen and oxygen atoms in total. The Morgan fingerprint density at radius 1 is 1.20 bits per heavy atom. The molecule has 20 heavy (non-hydrogen) atoms. The number of nitriles is 1. The van der Waals surface area contributed by atoms with Gasteiger partial charge >= 0.3 is 5.97 Å². The van der Waals surface area contributed by atoms with Crippen LogP contribution < -0.4 is 0 Å². The van der Waals surface area contributed by atoms with Crippen molar-refractivity contribution in [2.45, 2.75) is 6.54 Å². The van der Waals surface area contributed by atoms with Gasteiger partial charge in [-0.25, -0.2) is 4.79 Å². The average Bonchev–Trinajstić information content (AvgIpc) is 2.90. The Labute approximate surface area is 116 Å². The molecule has 1 aromatic carbocycles. The van der Waals surface area contributed by atoms with Gasteiger partial charge < -0.3 is 9.30 Å². The van der Waals surface area contributed by atoms with E-state index in [0.29, 0.717) is 5.56 Å². The van der Waals surface area contributed by atoms with Crippen LogP contribution in [0, 0.1) is 11.3 Å². The third-order valence-corrected chi connectivity index (χ3v) is 2.89. The highest BCUT2D eigenvalue weighted by molar-refractivity contribution is 5.97. The fraction of sp³-hybridized carbons (Fsp3) is 0.133. The van der Waals surface area contributed by atoms with Crippen LogP contribution in [0.1, 0.15) is 26.5 Å². The van der Waals surface area contributed by atoms with Crippen LogP contribution in [-0.2, 0) is 11.3 Å². The van der Waals surface area contributed by atoms with E-state index < -0.39 is 5.97 Å². The van der Waals surface area contributed by atoms with E-state index in [9.17, 15) is 9.59 Å². The number of hydrogen-bond donors (Lipinski definition) is 0. The summed E-state index contributed by atoms with van der Waals surface area (Å²) < 4.78 is 6.00. The van der Waals surface area contributed by atoms with E-state index >= 15 is 0 Å². The molecule has 0 aliphatic rings. The van der Waals surface area contributed by atoms with E-state index in [0.717, 1.165) is 0 Å². The Kier molecular flexibility index (Phi) is 3.96. The largest absolute Gasteiger partial charge is 0.464 e. The minimum absolute atomic E-state index is 0.0790. The number of Topliss-reactive ketones (excluding diaryl/α,β-unsaturated/α-hetero) is 1. The van der Waals surface area contributed by atoms with Crippen molar-refractivity contribution in [3.8, 4) is 6.07 Å². The number of rotatable bonds is 4. The summed E-state index contributed by atoms with van der Waals surface area (Å²) in [5, 5.41) is 9.04. The summed E-state index contributed by atoms with van der Waals surface area (Å²) in [6.07, 6.45) is 0. The van der Waals surface area contributed by atoms with Gasteiger partial charge in [0.1, 0.15) is 17.5 Å². The van der Waals surface area contributed by atoms with Crippen molar-refractivity contribution in [1.29, 1.82) is 5.26 Å². The van der Waals surface area contributed by atoms with Gasteiger partial charge in [0.25, 0.3) is 0 Å². The van der Waals surface area contributed by atoms with Crippen molar-refractivity contribution in [3.63, 3.8) is 0 Å². The lowest BCUT2D eigenvalue weighted by Crippen LogP contribution is -2.17. The number of ketones is 1. The molecular formula is C15H12N2O3. The van der Waals surface area contributed by atoms with Crippen molar-refractivity contribution >= 4 is 11.8 Å². The van der Waals surface area contributed by atoms with Gasteiger partial charge in [0, 0.05) is 5.56 Å². The third kappa shape index (κ3) is 2.59. The molecule has 1 aromatic heterocycles. The number of benzene rings is 1. The SMILES string of the molecule is COC(=O)c1ccc(C#N)n1CC(=O)c1ccccc1. The summed E-state index contributed by atoms with van der Waals surface area (Å²) >= 11 is 0. The lowest BCUT2D eigenvalue weighted by atomic mass is 10.1. The molecule has 0 saturated carbocycles. The zero-order chi connectivity index (χ0) is 14.5. The van der Waals surface area contributed by atoms with Gasteiger partial charge in [-0.3, -0.25) is 4.79 Å².